The van der Waals surface area contributed by atoms with Gasteiger partial charge in [-0.3, -0.25) is 9.59 Å². The number of aliphatic hydroxyl groups is 1. The predicted octanol–water partition coefficient (Wildman–Crippen LogP) is 3.61. The first-order valence-electron chi connectivity index (χ1n) is 9.28. The van der Waals surface area contributed by atoms with Gasteiger partial charge >= 0.3 is 0 Å². The number of nitrogens with zero attached hydrogens (tertiary/aromatic N) is 1. The molecule has 3 aromatic rings. The van der Waals surface area contributed by atoms with E-state index in [2.05, 4.69) is 0 Å². The molecule has 28 heavy (non-hydrogen) atoms. The van der Waals surface area contributed by atoms with Crippen LogP contribution in [0.5, 0.6) is 0 Å². The third-order valence-electron chi connectivity index (χ3n) is 5.34. The van der Waals surface area contributed by atoms with E-state index in [0.717, 1.165) is 16.0 Å². The van der Waals surface area contributed by atoms with Gasteiger partial charge in [-0.1, -0.05) is 78.4 Å². The Morgan fingerprint density at radius 3 is 2.04 bits per heavy atom. The highest BCUT2D eigenvalue weighted by Gasteiger charge is 2.59. The van der Waals surface area contributed by atoms with E-state index >= 15 is 0 Å². The lowest BCUT2D eigenvalue weighted by atomic mass is 9.79. The first-order valence-corrected chi connectivity index (χ1v) is 9.28. The molecule has 0 aromatic heterocycles. The molecule has 4 heteroatoms. The van der Waals surface area contributed by atoms with Crippen LogP contribution in [0.15, 0.2) is 84.9 Å². The molecule has 3 aromatic carbocycles. The van der Waals surface area contributed by atoms with Crippen molar-refractivity contribution in [2.24, 2.45) is 5.92 Å². The summed E-state index contributed by atoms with van der Waals surface area (Å²) in [4.78, 5) is 27.8. The van der Waals surface area contributed by atoms with Crippen molar-refractivity contribution in [3.8, 4) is 0 Å². The highest BCUT2D eigenvalue weighted by molar-refractivity contribution is 6.25. The third kappa shape index (κ3) is 2.92. The molecule has 140 valence electrons. The Labute approximate surface area is 164 Å². The van der Waals surface area contributed by atoms with E-state index < -0.39 is 17.4 Å². The molecule has 1 N–H and O–H groups in total. The van der Waals surface area contributed by atoms with E-state index in [1.54, 1.807) is 36.4 Å². The van der Waals surface area contributed by atoms with Crippen LogP contribution in [0.3, 0.4) is 0 Å². The van der Waals surface area contributed by atoms with Gasteiger partial charge in [-0.15, -0.1) is 0 Å². The van der Waals surface area contributed by atoms with Crippen LogP contribution in [-0.2, 0) is 21.6 Å². The molecule has 0 unspecified atom stereocenters. The molecular formula is C24H21NO3. The van der Waals surface area contributed by atoms with Crippen molar-refractivity contribution in [2.45, 2.75) is 18.9 Å². The van der Waals surface area contributed by atoms with Crippen LogP contribution >= 0.6 is 0 Å². The summed E-state index contributed by atoms with van der Waals surface area (Å²) >= 11 is 0. The number of carbonyl (C=O) groups excluding carboxylic acids is 2. The van der Waals surface area contributed by atoms with Gasteiger partial charge in [0.1, 0.15) is 0 Å². The minimum atomic E-state index is -1.91. The van der Waals surface area contributed by atoms with Gasteiger partial charge in [0, 0.05) is 0 Å². The standard InChI is InChI=1S/C24H21NO3/c1-17-12-14-19(15-13-17)24(28)21(16-18-8-4-2-5-9-18)22(26)25(23(24)27)20-10-6-3-7-11-20/h2-15,21,28H,16H2,1H3/t21-,24-/m0/s1. The van der Waals surface area contributed by atoms with Crippen molar-refractivity contribution in [1.82, 2.24) is 0 Å². The molecule has 4 nitrogen and oxygen atoms in total. The number of aryl methyl sites for hydroxylation is 1. The Hall–Kier alpha value is -3.24. The fraction of sp³-hybridized carbons (Fsp3) is 0.167. The van der Waals surface area contributed by atoms with Gasteiger partial charge in [0.25, 0.3) is 5.91 Å². The molecular weight excluding hydrogens is 350 g/mol. The predicted molar refractivity (Wildman–Crippen MR) is 108 cm³/mol. The Morgan fingerprint density at radius 1 is 0.857 bits per heavy atom. The number of rotatable bonds is 4. The second kappa shape index (κ2) is 7.06. The summed E-state index contributed by atoms with van der Waals surface area (Å²) in [5.74, 6) is -1.89. The maximum Gasteiger partial charge on any atom is 0.271 e. The van der Waals surface area contributed by atoms with Gasteiger partial charge < -0.3 is 5.11 Å². The number of amides is 2. The smallest absolute Gasteiger partial charge is 0.271 e. The van der Waals surface area contributed by atoms with Crippen LogP contribution in [0.4, 0.5) is 5.69 Å². The SMILES string of the molecule is Cc1ccc([C@@]2(O)C(=O)N(c3ccccc3)C(=O)[C@@H]2Cc2ccccc2)cc1. The fourth-order valence-electron chi connectivity index (χ4n) is 3.79. The summed E-state index contributed by atoms with van der Waals surface area (Å²) in [7, 11) is 0. The first kappa shape index (κ1) is 18.1. The second-order valence-corrected chi connectivity index (χ2v) is 7.19. The average molecular weight is 371 g/mol. The maximum absolute atomic E-state index is 13.4. The zero-order chi connectivity index (χ0) is 19.7. The number of hydrogen-bond donors (Lipinski definition) is 1. The summed E-state index contributed by atoms with van der Waals surface area (Å²) in [6.45, 7) is 1.94. The summed E-state index contributed by atoms with van der Waals surface area (Å²) in [6, 6.07) is 25.4. The quantitative estimate of drug-likeness (QED) is 0.713. The number of para-hydroxylation sites is 1. The van der Waals surface area contributed by atoms with E-state index in [0.29, 0.717) is 11.3 Å². The average Bonchev–Trinajstić information content (AvgIpc) is 2.91. The normalized spacial score (nSPS) is 21.9. The topological polar surface area (TPSA) is 57.6 Å². The molecule has 4 rings (SSSR count). The van der Waals surface area contributed by atoms with Gasteiger partial charge in [-0.25, -0.2) is 4.90 Å². The van der Waals surface area contributed by atoms with Crippen LogP contribution in [-0.4, -0.2) is 16.9 Å². The van der Waals surface area contributed by atoms with Crippen LogP contribution in [0.25, 0.3) is 0 Å². The molecule has 1 aliphatic rings. The van der Waals surface area contributed by atoms with Gasteiger partial charge in [-0.2, -0.15) is 0 Å². The molecule has 0 bridgehead atoms. The first-order chi connectivity index (χ1) is 13.5. The summed E-state index contributed by atoms with van der Waals surface area (Å²) in [5, 5.41) is 11.6. The van der Waals surface area contributed by atoms with Crippen molar-refractivity contribution in [1.29, 1.82) is 0 Å². The molecule has 2 amide bonds. The van der Waals surface area contributed by atoms with Crippen molar-refractivity contribution in [3.05, 3.63) is 102 Å². The minimum Gasteiger partial charge on any atom is -0.375 e. The van der Waals surface area contributed by atoms with Gasteiger partial charge in [0.05, 0.1) is 11.6 Å². The summed E-state index contributed by atoms with van der Waals surface area (Å²) < 4.78 is 0. The number of anilines is 1. The van der Waals surface area contributed by atoms with Crippen molar-refractivity contribution < 1.29 is 14.7 Å². The van der Waals surface area contributed by atoms with Gasteiger partial charge in [0.2, 0.25) is 5.91 Å². The van der Waals surface area contributed by atoms with Gasteiger partial charge in [-0.05, 0) is 36.6 Å². The van der Waals surface area contributed by atoms with Crippen LogP contribution in [0.2, 0.25) is 0 Å². The molecule has 0 aliphatic carbocycles. The minimum absolute atomic E-state index is 0.277. The molecule has 0 radical (unpaired) electrons. The molecule has 1 saturated heterocycles. The lowest BCUT2D eigenvalue weighted by Gasteiger charge is -2.26. The number of hydrogen-bond acceptors (Lipinski definition) is 3. The van der Waals surface area contributed by atoms with Gasteiger partial charge in [0.15, 0.2) is 5.60 Å². The number of imide groups is 1. The van der Waals surface area contributed by atoms with E-state index in [1.165, 1.54) is 0 Å². The Morgan fingerprint density at radius 2 is 1.43 bits per heavy atom. The molecule has 0 saturated carbocycles. The van der Waals surface area contributed by atoms with Crippen LogP contribution < -0.4 is 4.90 Å². The Balaban J connectivity index is 1.83. The Bertz CT molecular complexity index is 999. The monoisotopic (exact) mass is 371 g/mol. The van der Waals surface area contributed by atoms with E-state index in [4.69, 9.17) is 0 Å². The number of carbonyl (C=O) groups is 2. The zero-order valence-electron chi connectivity index (χ0n) is 15.6. The molecule has 1 heterocycles. The van der Waals surface area contributed by atoms with Crippen LogP contribution in [0, 0.1) is 12.8 Å². The van der Waals surface area contributed by atoms with Crippen molar-refractivity contribution in [3.63, 3.8) is 0 Å². The lowest BCUT2D eigenvalue weighted by molar-refractivity contribution is -0.139. The molecule has 1 fully saturated rings. The second-order valence-electron chi connectivity index (χ2n) is 7.19. The fourth-order valence-corrected chi connectivity index (χ4v) is 3.79. The van der Waals surface area contributed by atoms with Crippen LogP contribution in [0.1, 0.15) is 16.7 Å². The third-order valence-corrected chi connectivity index (χ3v) is 5.34. The maximum atomic E-state index is 13.4. The molecule has 2 atom stereocenters. The van der Waals surface area contributed by atoms with E-state index in [-0.39, 0.29) is 12.3 Å². The Kier molecular flexibility index (Phi) is 4.57. The number of benzene rings is 3. The lowest BCUT2D eigenvalue weighted by Crippen LogP contribution is -2.41. The molecule has 1 aliphatic heterocycles. The summed E-state index contributed by atoms with van der Waals surface area (Å²) in [5.41, 5.74) is 0.920. The van der Waals surface area contributed by atoms with E-state index in [9.17, 15) is 14.7 Å². The van der Waals surface area contributed by atoms with E-state index in [1.807, 2.05) is 55.5 Å². The summed E-state index contributed by atoms with van der Waals surface area (Å²) in [6.07, 6.45) is 0.277. The molecule has 0 spiro atoms. The largest absolute Gasteiger partial charge is 0.375 e. The van der Waals surface area contributed by atoms with Crippen molar-refractivity contribution >= 4 is 17.5 Å². The highest BCUT2D eigenvalue weighted by Crippen LogP contribution is 2.42. The van der Waals surface area contributed by atoms with Crippen molar-refractivity contribution in [2.75, 3.05) is 4.90 Å². The zero-order valence-corrected chi connectivity index (χ0v) is 15.6. The highest BCUT2D eigenvalue weighted by atomic mass is 16.3.